The van der Waals surface area contributed by atoms with Crippen LogP contribution in [0.4, 0.5) is 5.69 Å². The summed E-state index contributed by atoms with van der Waals surface area (Å²) in [4.78, 5) is 20.7. The molecule has 0 heterocycles. The molecular formula is C11H12N2O3. The first-order valence-corrected chi connectivity index (χ1v) is 4.73. The standard InChI is InChI=1S/C11H12N2O3/c1-12-4-2-3-9-5-10(8-14)7-11(6-9)13(15)16/h2-3,5-8,12H,4H2,1H3. The van der Waals surface area contributed by atoms with Crippen molar-refractivity contribution < 1.29 is 9.72 Å². The second-order valence-corrected chi connectivity index (χ2v) is 3.19. The van der Waals surface area contributed by atoms with Crippen LogP contribution in [0.15, 0.2) is 24.3 Å². The van der Waals surface area contributed by atoms with Crippen molar-refractivity contribution in [3.8, 4) is 0 Å². The third kappa shape index (κ3) is 3.29. The van der Waals surface area contributed by atoms with Crippen LogP contribution in [-0.2, 0) is 0 Å². The van der Waals surface area contributed by atoms with Crippen LogP contribution in [0.25, 0.3) is 6.08 Å². The summed E-state index contributed by atoms with van der Waals surface area (Å²) in [6, 6.07) is 4.29. The Morgan fingerprint density at radius 3 is 2.62 bits per heavy atom. The summed E-state index contributed by atoms with van der Waals surface area (Å²) >= 11 is 0. The number of aldehydes is 1. The summed E-state index contributed by atoms with van der Waals surface area (Å²) in [5, 5.41) is 13.5. The zero-order valence-corrected chi connectivity index (χ0v) is 8.84. The van der Waals surface area contributed by atoms with Gasteiger partial charge in [-0.3, -0.25) is 14.9 Å². The molecular weight excluding hydrogens is 208 g/mol. The summed E-state index contributed by atoms with van der Waals surface area (Å²) in [5.41, 5.74) is 0.874. The Morgan fingerprint density at radius 2 is 2.06 bits per heavy atom. The van der Waals surface area contributed by atoms with Crippen molar-refractivity contribution in [3.63, 3.8) is 0 Å². The molecule has 5 heteroatoms. The van der Waals surface area contributed by atoms with Crippen LogP contribution in [0, 0.1) is 10.1 Å². The van der Waals surface area contributed by atoms with Gasteiger partial charge in [0.2, 0.25) is 0 Å². The summed E-state index contributed by atoms with van der Waals surface area (Å²) in [6.07, 6.45) is 4.16. The van der Waals surface area contributed by atoms with Gasteiger partial charge in [0, 0.05) is 24.2 Å². The van der Waals surface area contributed by atoms with Gasteiger partial charge in [-0.1, -0.05) is 12.2 Å². The van der Waals surface area contributed by atoms with Gasteiger partial charge in [-0.05, 0) is 18.7 Å². The van der Waals surface area contributed by atoms with Crippen molar-refractivity contribution in [1.29, 1.82) is 0 Å². The number of carbonyl (C=O) groups is 1. The van der Waals surface area contributed by atoms with Gasteiger partial charge in [0.1, 0.15) is 6.29 Å². The molecule has 1 aromatic rings. The first-order chi connectivity index (χ1) is 7.67. The number of likely N-dealkylation sites (N-methyl/N-ethyl adjacent to an activating group) is 1. The third-order valence-electron chi connectivity index (χ3n) is 1.94. The maximum absolute atomic E-state index is 10.6. The number of hydrogen-bond donors (Lipinski definition) is 1. The number of non-ortho nitro benzene ring substituents is 1. The minimum absolute atomic E-state index is 0.0753. The van der Waals surface area contributed by atoms with Gasteiger partial charge in [-0.15, -0.1) is 0 Å². The van der Waals surface area contributed by atoms with Crippen molar-refractivity contribution in [3.05, 3.63) is 45.5 Å². The van der Waals surface area contributed by atoms with Gasteiger partial charge < -0.3 is 5.32 Å². The highest BCUT2D eigenvalue weighted by molar-refractivity contribution is 5.78. The highest BCUT2D eigenvalue weighted by atomic mass is 16.6. The van der Waals surface area contributed by atoms with Gasteiger partial charge in [0.25, 0.3) is 5.69 Å². The fraction of sp³-hybridized carbons (Fsp3) is 0.182. The lowest BCUT2D eigenvalue weighted by molar-refractivity contribution is -0.384. The molecule has 0 bridgehead atoms. The minimum atomic E-state index is -0.511. The van der Waals surface area contributed by atoms with Crippen LogP contribution in [0.1, 0.15) is 15.9 Å². The molecule has 0 saturated carbocycles. The molecule has 5 nitrogen and oxygen atoms in total. The maximum Gasteiger partial charge on any atom is 0.270 e. The van der Waals surface area contributed by atoms with Crippen molar-refractivity contribution >= 4 is 18.0 Å². The van der Waals surface area contributed by atoms with E-state index >= 15 is 0 Å². The normalized spacial score (nSPS) is 10.6. The molecule has 0 unspecified atom stereocenters. The van der Waals surface area contributed by atoms with Crippen molar-refractivity contribution in [2.24, 2.45) is 0 Å². The van der Waals surface area contributed by atoms with E-state index < -0.39 is 4.92 Å². The van der Waals surface area contributed by atoms with E-state index in [9.17, 15) is 14.9 Å². The number of hydrogen-bond acceptors (Lipinski definition) is 4. The number of nitro groups is 1. The summed E-state index contributed by atoms with van der Waals surface area (Å²) in [7, 11) is 1.80. The molecule has 0 radical (unpaired) electrons. The van der Waals surface area contributed by atoms with Gasteiger partial charge in [-0.2, -0.15) is 0 Å². The van der Waals surface area contributed by atoms with E-state index in [0.717, 1.165) is 0 Å². The van der Waals surface area contributed by atoms with Crippen LogP contribution in [0.3, 0.4) is 0 Å². The Bertz CT molecular complexity index is 427. The van der Waals surface area contributed by atoms with Crippen LogP contribution in [0.5, 0.6) is 0 Å². The fourth-order valence-corrected chi connectivity index (χ4v) is 1.24. The topological polar surface area (TPSA) is 72.2 Å². The maximum atomic E-state index is 10.6. The zero-order valence-electron chi connectivity index (χ0n) is 8.84. The van der Waals surface area contributed by atoms with E-state index in [1.807, 2.05) is 6.08 Å². The summed E-state index contributed by atoms with van der Waals surface area (Å²) in [6.45, 7) is 0.666. The first-order valence-electron chi connectivity index (χ1n) is 4.73. The zero-order chi connectivity index (χ0) is 12.0. The number of rotatable bonds is 5. The molecule has 1 aromatic carbocycles. The van der Waals surface area contributed by atoms with Crippen LogP contribution < -0.4 is 5.32 Å². The van der Waals surface area contributed by atoms with Crippen molar-refractivity contribution in [2.75, 3.05) is 13.6 Å². The fourth-order valence-electron chi connectivity index (χ4n) is 1.24. The number of carbonyl (C=O) groups excluding carboxylic acids is 1. The van der Waals surface area contributed by atoms with Gasteiger partial charge >= 0.3 is 0 Å². The highest BCUT2D eigenvalue weighted by Crippen LogP contribution is 2.17. The van der Waals surface area contributed by atoms with Crippen molar-refractivity contribution in [2.45, 2.75) is 0 Å². The molecule has 0 saturated heterocycles. The third-order valence-corrected chi connectivity index (χ3v) is 1.94. The predicted molar refractivity (Wildman–Crippen MR) is 61.4 cm³/mol. The van der Waals surface area contributed by atoms with Crippen LogP contribution in [0.2, 0.25) is 0 Å². The number of benzene rings is 1. The van der Waals surface area contributed by atoms with Crippen LogP contribution in [-0.4, -0.2) is 24.8 Å². The average molecular weight is 220 g/mol. The number of nitrogens with one attached hydrogen (secondary N) is 1. The monoisotopic (exact) mass is 220 g/mol. The van der Waals surface area contributed by atoms with Gasteiger partial charge in [0.15, 0.2) is 0 Å². The van der Waals surface area contributed by atoms with E-state index in [1.54, 1.807) is 19.2 Å². The second-order valence-electron chi connectivity index (χ2n) is 3.19. The number of nitrogens with zero attached hydrogens (tertiary/aromatic N) is 1. The van der Waals surface area contributed by atoms with Gasteiger partial charge in [-0.25, -0.2) is 0 Å². The molecule has 0 aliphatic carbocycles. The lowest BCUT2D eigenvalue weighted by Gasteiger charge is -1.97. The Hall–Kier alpha value is -2.01. The molecule has 0 fully saturated rings. The van der Waals surface area contributed by atoms with Crippen molar-refractivity contribution in [1.82, 2.24) is 5.32 Å². The van der Waals surface area contributed by atoms with E-state index in [0.29, 0.717) is 24.0 Å². The lowest BCUT2D eigenvalue weighted by Crippen LogP contribution is -2.03. The summed E-state index contributed by atoms with van der Waals surface area (Å²) < 4.78 is 0. The average Bonchev–Trinajstić information content (AvgIpc) is 2.29. The van der Waals surface area contributed by atoms with E-state index in [2.05, 4.69) is 5.32 Å². The predicted octanol–water partition coefficient (Wildman–Crippen LogP) is 1.64. The Balaban J connectivity index is 3.04. The first kappa shape index (κ1) is 12.1. The molecule has 0 aliphatic rings. The molecule has 1 rings (SSSR count). The quantitative estimate of drug-likeness (QED) is 0.465. The van der Waals surface area contributed by atoms with E-state index in [4.69, 9.17) is 0 Å². The lowest BCUT2D eigenvalue weighted by atomic mass is 10.1. The van der Waals surface area contributed by atoms with E-state index in [-0.39, 0.29) is 5.69 Å². The largest absolute Gasteiger partial charge is 0.316 e. The van der Waals surface area contributed by atoms with Crippen LogP contribution >= 0.6 is 0 Å². The second kappa shape index (κ2) is 5.77. The SMILES string of the molecule is CNCC=Cc1cc(C=O)cc([N+](=O)[O-])c1. The number of nitro benzene ring substituents is 1. The van der Waals surface area contributed by atoms with Gasteiger partial charge in [0.05, 0.1) is 4.92 Å². The molecule has 0 spiro atoms. The van der Waals surface area contributed by atoms with E-state index in [1.165, 1.54) is 12.1 Å². The Labute approximate surface area is 92.9 Å². The molecule has 0 amide bonds. The summed E-state index contributed by atoms with van der Waals surface area (Å²) in [5.74, 6) is 0. The highest BCUT2D eigenvalue weighted by Gasteiger charge is 2.07. The molecule has 0 aliphatic heterocycles. The molecule has 84 valence electrons. The smallest absolute Gasteiger partial charge is 0.270 e. The molecule has 0 atom stereocenters. The minimum Gasteiger partial charge on any atom is -0.316 e. The Kier molecular flexibility index (Phi) is 4.35. The Morgan fingerprint density at radius 1 is 1.38 bits per heavy atom. The molecule has 0 aromatic heterocycles. The molecule has 16 heavy (non-hydrogen) atoms. The molecule has 1 N–H and O–H groups in total.